The third-order valence-electron chi connectivity index (χ3n) is 5.16. The highest BCUT2D eigenvalue weighted by atomic mass is 35.5. The van der Waals surface area contributed by atoms with Crippen LogP contribution in [0.3, 0.4) is 0 Å². The van der Waals surface area contributed by atoms with Crippen molar-refractivity contribution >= 4 is 17.5 Å². The number of carbonyl (C=O) groups excluding carboxylic acids is 1. The van der Waals surface area contributed by atoms with Crippen LogP contribution in [0, 0.1) is 11.8 Å². The van der Waals surface area contributed by atoms with Crippen molar-refractivity contribution in [2.45, 2.75) is 57.2 Å². The summed E-state index contributed by atoms with van der Waals surface area (Å²) in [6.45, 7) is 1.78. The summed E-state index contributed by atoms with van der Waals surface area (Å²) in [5.41, 5.74) is 6.14. The average molecular weight is 337 g/mol. The van der Waals surface area contributed by atoms with Crippen LogP contribution in [-0.4, -0.2) is 24.1 Å². The van der Waals surface area contributed by atoms with E-state index in [1.807, 2.05) is 12.1 Å². The predicted octanol–water partition coefficient (Wildman–Crippen LogP) is 3.13. The molecule has 126 valence electrons. The Morgan fingerprint density at radius 3 is 2.70 bits per heavy atom. The van der Waals surface area contributed by atoms with Gasteiger partial charge in [0.2, 0.25) is 0 Å². The second-order valence-corrected chi connectivity index (χ2v) is 7.37. The lowest BCUT2D eigenvalue weighted by molar-refractivity contribution is -0.129. The first-order chi connectivity index (χ1) is 11.0. The molecule has 2 aliphatic carbocycles. The third-order valence-corrected chi connectivity index (χ3v) is 5.40. The molecule has 2 aliphatic rings. The zero-order valence-electron chi connectivity index (χ0n) is 13.5. The van der Waals surface area contributed by atoms with Crippen LogP contribution in [0.15, 0.2) is 24.3 Å². The van der Waals surface area contributed by atoms with Crippen LogP contribution in [0.4, 0.5) is 0 Å². The fourth-order valence-electron chi connectivity index (χ4n) is 4.10. The van der Waals surface area contributed by atoms with Gasteiger partial charge in [0.05, 0.1) is 0 Å². The van der Waals surface area contributed by atoms with Crippen LogP contribution in [0.2, 0.25) is 5.02 Å². The molecule has 3 atom stereocenters. The van der Waals surface area contributed by atoms with Crippen LogP contribution in [0.5, 0.6) is 5.75 Å². The molecule has 0 heterocycles. The molecular weight excluding hydrogens is 312 g/mol. The summed E-state index contributed by atoms with van der Waals surface area (Å²) in [6.07, 6.45) is 5.08. The number of halogens is 1. The van der Waals surface area contributed by atoms with Crippen LogP contribution in [0.25, 0.3) is 0 Å². The molecule has 3 N–H and O–H groups in total. The maximum absolute atomic E-state index is 12.5. The molecular formula is C18H25ClN2O2. The number of fused-ring (bicyclic) bond motifs is 2. The number of nitrogens with two attached hydrogens (primary N) is 1. The Hall–Kier alpha value is -1.26. The topological polar surface area (TPSA) is 64.3 Å². The molecule has 1 aromatic rings. The van der Waals surface area contributed by atoms with E-state index in [0.717, 1.165) is 12.8 Å². The van der Waals surface area contributed by atoms with Crippen LogP contribution < -0.4 is 15.8 Å². The number of carbonyl (C=O) groups is 1. The highest BCUT2D eigenvalue weighted by Gasteiger charge is 2.40. The van der Waals surface area contributed by atoms with E-state index in [2.05, 4.69) is 5.32 Å². The Balaban J connectivity index is 1.60. The molecule has 2 fully saturated rings. The molecule has 3 unspecified atom stereocenters. The fourth-order valence-corrected chi connectivity index (χ4v) is 4.28. The summed E-state index contributed by atoms with van der Waals surface area (Å²) in [5, 5.41) is 3.83. The number of benzene rings is 1. The van der Waals surface area contributed by atoms with E-state index in [4.69, 9.17) is 22.1 Å². The standard InChI is InChI=1S/C18H25ClN2O2/c1-11(23-16-7-3-6-14(19)10-16)18(22)21-17-12-4-2-5-13(17)9-15(20)8-12/h3,6-7,10-13,15,17H,2,4-5,8-9,20H2,1H3,(H,21,22). The number of hydrogen-bond acceptors (Lipinski definition) is 3. The first kappa shape index (κ1) is 16.6. The highest BCUT2D eigenvalue weighted by Crippen LogP contribution is 2.39. The predicted molar refractivity (Wildman–Crippen MR) is 91.5 cm³/mol. The van der Waals surface area contributed by atoms with Gasteiger partial charge in [0.25, 0.3) is 5.91 Å². The number of amides is 1. The molecule has 1 amide bonds. The van der Waals surface area contributed by atoms with E-state index in [-0.39, 0.29) is 11.9 Å². The van der Waals surface area contributed by atoms with Gasteiger partial charge in [-0.1, -0.05) is 24.1 Å². The quantitative estimate of drug-likeness (QED) is 0.887. The molecule has 23 heavy (non-hydrogen) atoms. The lowest BCUT2D eigenvalue weighted by atomic mass is 9.67. The van der Waals surface area contributed by atoms with Gasteiger partial charge in [-0.2, -0.15) is 0 Å². The van der Waals surface area contributed by atoms with Gasteiger partial charge in [-0.3, -0.25) is 4.79 Å². The van der Waals surface area contributed by atoms with Gasteiger partial charge in [0.15, 0.2) is 6.10 Å². The van der Waals surface area contributed by atoms with Crippen molar-refractivity contribution in [3.05, 3.63) is 29.3 Å². The van der Waals surface area contributed by atoms with E-state index in [1.54, 1.807) is 19.1 Å². The van der Waals surface area contributed by atoms with E-state index in [0.29, 0.717) is 28.6 Å². The Morgan fingerprint density at radius 2 is 2.04 bits per heavy atom. The molecule has 0 saturated heterocycles. The zero-order valence-corrected chi connectivity index (χ0v) is 14.3. The minimum Gasteiger partial charge on any atom is -0.481 e. The van der Waals surface area contributed by atoms with Crippen molar-refractivity contribution in [1.82, 2.24) is 5.32 Å². The number of nitrogens with one attached hydrogen (secondary N) is 1. The van der Waals surface area contributed by atoms with Crippen LogP contribution in [-0.2, 0) is 4.79 Å². The molecule has 0 aromatic heterocycles. The average Bonchev–Trinajstić information content (AvgIpc) is 2.48. The molecule has 0 aliphatic heterocycles. The van der Waals surface area contributed by atoms with Crippen molar-refractivity contribution in [2.75, 3.05) is 0 Å². The first-order valence-electron chi connectivity index (χ1n) is 8.51. The SMILES string of the molecule is CC(Oc1cccc(Cl)c1)C(=O)NC1C2CCCC1CC(N)C2. The van der Waals surface area contributed by atoms with Crippen LogP contribution >= 0.6 is 11.6 Å². The lowest BCUT2D eigenvalue weighted by Gasteiger charge is -2.45. The van der Waals surface area contributed by atoms with Crippen molar-refractivity contribution in [2.24, 2.45) is 17.6 Å². The zero-order chi connectivity index (χ0) is 16.4. The minimum absolute atomic E-state index is 0.0534. The lowest BCUT2D eigenvalue weighted by Crippen LogP contribution is -2.55. The molecule has 0 radical (unpaired) electrons. The van der Waals surface area contributed by atoms with Gasteiger partial charge in [0, 0.05) is 17.1 Å². The smallest absolute Gasteiger partial charge is 0.261 e. The number of hydrogen-bond donors (Lipinski definition) is 2. The van der Waals surface area contributed by atoms with E-state index in [9.17, 15) is 4.79 Å². The molecule has 2 saturated carbocycles. The normalized spacial score (nSPS) is 31.3. The summed E-state index contributed by atoms with van der Waals surface area (Å²) >= 11 is 5.95. The Labute approximate surface area is 142 Å². The fraction of sp³-hybridized carbons (Fsp3) is 0.611. The third kappa shape index (κ3) is 3.99. The second-order valence-electron chi connectivity index (χ2n) is 6.93. The van der Waals surface area contributed by atoms with E-state index >= 15 is 0 Å². The minimum atomic E-state index is -0.537. The summed E-state index contributed by atoms with van der Waals surface area (Å²) < 4.78 is 5.72. The maximum Gasteiger partial charge on any atom is 0.261 e. The molecule has 1 aromatic carbocycles. The highest BCUT2D eigenvalue weighted by molar-refractivity contribution is 6.30. The Morgan fingerprint density at radius 1 is 1.35 bits per heavy atom. The van der Waals surface area contributed by atoms with Gasteiger partial charge in [-0.15, -0.1) is 0 Å². The van der Waals surface area contributed by atoms with Gasteiger partial charge in [-0.05, 0) is 62.6 Å². The molecule has 4 nitrogen and oxygen atoms in total. The van der Waals surface area contributed by atoms with Gasteiger partial charge in [-0.25, -0.2) is 0 Å². The summed E-state index contributed by atoms with van der Waals surface area (Å²) in [6, 6.07) is 7.67. The van der Waals surface area contributed by atoms with Crippen molar-refractivity contribution in [3.8, 4) is 5.75 Å². The van der Waals surface area contributed by atoms with Crippen molar-refractivity contribution < 1.29 is 9.53 Å². The summed E-state index contributed by atoms with van der Waals surface area (Å²) in [5.74, 6) is 1.59. The van der Waals surface area contributed by atoms with E-state index in [1.165, 1.54) is 19.3 Å². The number of ether oxygens (including phenoxy) is 1. The van der Waals surface area contributed by atoms with Gasteiger partial charge < -0.3 is 15.8 Å². The molecule has 2 bridgehead atoms. The first-order valence-corrected chi connectivity index (χ1v) is 8.89. The summed E-state index contributed by atoms with van der Waals surface area (Å²) in [4.78, 5) is 12.5. The Kier molecular flexibility index (Phi) is 5.12. The largest absolute Gasteiger partial charge is 0.481 e. The monoisotopic (exact) mass is 336 g/mol. The van der Waals surface area contributed by atoms with E-state index < -0.39 is 6.10 Å². The molecule has 5 heteroatoms. The summed E-state index contributed by atoms with van der Waals surface area (Å²) in [7, 11) is 0. The molecule has 3 rings (SSSR count). The van der Waals surface area contributed by atoms with Crippen LogP contribution in [0.1, 0.15) is 39.0 Å². The van der Waals surface area contributed by atoms with Crippen molar-refractivity contribution in [3.63, 3.8) is 0 Å². The molecule has 0 spiro atoms. The Bertz CT molecular complexity index is 552. The number of rotatable bonds is 4. The van der Waals surface area contributed by atoms with Gasteiger partial charge in [0.1, 0.15) is 5.75 Å². The second kappa shape index (κ2) is 7.10. The van der Waals surface area contributed by atoms with Crippen molar-refractivity contribution in [1.29, 1.82) is 0 Å². The van der Waals surface area contributed by atoms with Gasteiger partial charge >= 0.3 is 0 Å². The maximum atomic E-state index is 12.5.